The molecule has 29 nitrogen and oxygen atoms in total. The number of carboxylic acids is 2. The fourth-order valence-corrected chi connectivity index (χ4v) is 12.7. The van der Waals surface area contributed by atoms with Gasteiger partial charge in [-0.3, -0.25) is 67.3 Å². The second-order valence-electron chi connectivity index (χ2n) is 28.7. The summed E-state index contributed by atoms with van der Waals surface area (Å²) in [5.74, 6) is -16.8. The monoisotopic (exact) mass is 1520 g/mol. The summed E-state index contributed by atoms with van der Waals surface area (Å²) < 4.78 is 21.0. The molecule has 30 heteroatoms. The van der Waals surface area contributed by atoms with Gasteiger partial charge in [0.2, 0.25) is 35.4 Å². The minimum Gasteiger partial charge on any atom is -0.497 e. The summed E-state index contributed by atoms with van der Waals surface area (Å²) in [5, 5.41) is 64.6. The lowest BCUT2D eigenvalue weighted by Gasteiger charge is -2.33. The molecule has 0 saturated heterocycles. The molecule has 2 heterocycles. The molecule has 3 unspecified atom stereocenters. The number of primary amides is 1. The van der Waals surface area contributed by atoms with Crippen LogP contribution in [0.5, 0.6) is 5.75 Å². The molecule has 15 N–H and O–H groups in total. The zero-order valence-corrected chi connectivity index (χ0v) is 62.8. The van der Waals surface area contributed by atoms with E-state index in [0.717, 1.165) is 47.7 Å². The van der Waals surface area contributed by atoms with Crippen LogP contribution >= 0.6 is 0 Å². The first-order valence-electron chi connectivity index (χ1n) is 36.0. The molecule has 0 saturated carbocycles. The molecule has 0 radical (unpaired) electrons. The van der Waals surface area contributed by atoms with Crippen LogP contribution < -0.4 is 42.8 Å². The third kappa shape index (κ3) is 25.8. The van der Waals surface area contributed by atoms with Gasteiger partial charge in [-0.1, -0.05) is 107 Å². The summed E-state index contributed by atoms with van der Waals surface area (Å²) in [5.41, 5.74) is 15.0. The van der Waals surface area contributed by atoms with Crippen LogP contribution in [0.3, 0.4) is 0 Å². The average Bonchev–Trinajstić information content (AvgIpc) is 0.960. The first kappa shape index (κ1) is 87.8. The van der Waals surface area contributed by atoms with E-state index in [9.17, 15) is 87.9 Å². The molecule has 6 aromatic rings. The number of carbonyl (C=O) groups is 13. The van der Waals surface area contributed by atoms with Crippen molar-refractivity contribution in [3.05, 3.63) is 161 Å². The van der Waals surface area contributed by atoms with Crippen LogP contribution in [0.15, 0.2) is 122 Å². The molecule has 0 spiro atoms. The number of aromatic amines is 1. The number of aliphatic hydroxyl groups excluding tert-OH is 3. The van der Waals surface area contributed by atoms with E-state index in [4.69, 9.17) is 16.2 Å². The fourth-order valence-electron chi connectivity index (χ4n) is 12.7. The SMILES string of the molecule is CCc1cc(OC)ccc1-c1ccc(C[C@H](CC(=O)[C@H](CC(=O)O)NC(=O)[C@H](CO)CC(=O)[C@@H](NC(=O)C(C)(CC(=O)[C@@H](NC(=O)CCC(=O)[C@H](CCC(=O)O)NC(=O)C(C)(C)CC(=O)[C@@H](N)Cc2cnc[nH]2)C(C)O)Cc2ccccc2F)C(C)O)C(=O)N[C@@H](Cc2ccc(-c3ccccc3C)nc2)C(N)=O)cc1. The largest absolute Gasteiger partial charge is 0.497 e. The van der Waals surface area contributed by atoms with Crippen molar-refractivity contribution in [1.82, 2.24) is 41.5 Å². The third-order valence-electron chi connectivity index (χ3n) is 19.2. The van der Waals surface area contributed by atoms with Gasteiger partial charge in [0.15, 0.2) is 28.9 Å². The van der Waals surface area contributed by atoms with Gasteiger partial charge in [0.05, 0.1) is 79.2 Å². The minimum absolute atomic E-state index is 0.0871. The van der Waals surface area contributed by atoms with Crippen molar-refractivity contribution in [2.75, 3.05) is 13.7 Å². The molecule has 0 aliphatic rings. The number of amides is 6. The Hall–Kier alpha value is -11.1. The van der Waals surface area contributed by atoms with Crippen molar-refractivity contribution in [3.8, 4) is 28.1 Å². The van der Waals surface area contributed by atoms with E-state index in [-0.39, 0.29) is 31.2 Å². The van der Waals surface area contributed by atoms with Crippen molar-refractivity contribution in [2.24, 2.45) is 34.1 Å². The number of nitrogens with zero attached hydrogens (tertiary/aromatic N) is 2. The van der Waals surface area contributed by atoms with Crippen LogP contribution in [-0.4, -0.2) is 179 Å². The topological polar surface area (TPSA) is 486 Å². The first-order chi connectivity index (χ1) is 52.0. The quantitative estimate of drug-likeness (QED) is 0.0254. The Morgan fingerprint density at radius 3 is 1.84 bits per heavy atom. The number of halogens is 1. The summed E-state index contributed by atoms with van der Waals surface area (Å²) in [4.78, 5) is 190. The van der Waals surface area contributed by atoms with E-state index >= 15 is 4.39 Å². The van der Waals surface area contributed by atoms with Crippen LogP contribution in [-0.2, 0) is 94.4 Å². The number of nitrogens with two attached hydrogens (primary N) is 2. The minimum atomic E-state index is -2.13. The van der Waals surface area contributed by atoms with Crippen molar-refractivity contribution in [3.63, 3.8) is 0 Å². The summed E-state index contributed by atoms with van der Waals surface area (Å²) in [6, 6.07) is 19.3. The molecule has 0 fully saturated rings. The molecule has 110 heavy (non-hydrogen) atoms. The number of hydrogen-bond donors (Lipinski definition) is 13. The lowest BCUT2D eigenvalue weighted by atomic mass is 9.76. The van der Waals surface area contributed by atoms with Gasteiger partial charge in [0.1, 0.15) is 29.7 Å². The van der Waals surface area contributed by atoms with Crippen molar-refractivity contribution in [2.45, 2.75) is 187 Å². The highest BCUT2D eigenvalue weighted by Crippen LogP contribution is 2.33. The molecule has 590 valence electrons. The third-order valence-corrected chi connectivity index (χ3v) is 19.2. The molecular weight excluding hydrogens is 1420 g/mol. The molecule has 11 atom stereocenters. The summed E-state index contributed by atoms with van der Waals surface area (Å²) >= 11 is 0. The Morgan fingerprint density at radius 1 is 0.609 bits per heavy atom. The van der Waals surface area contributed by atoms with E-state index in [1.165, 1.54) is 57.7 Å². The molecule has 6 amide bonds. The second-order valence-corrected chi connectivity index (χ2v) is 28.7. The number of ether oxygens (including phenoxy) is 1. The van der Waals surface area contributed by atoms with Crippen molar-refractivity contribution < 1.29 is 97.0 Å². The summed E-state index contributed by atoms with van der Waals surface area (Å²) in [6.45, 7) is 8.98. The highest BCUT2D eigenvalue weighted by Gasteiger charge is 2.43. The fraction of sp³-hybridized carbons (Fsp3) is 0.438. The van der Waals surface area contributed by atoms with Gasteiger partial charge in [-0.05, 0) is 110 Å². The zero-order valence-electron chi connectivity index (χ0n) is 62.8. The second kappa shape index (κ2) is 40.9. The number of aliphatic carboxylic acids is 2. The smallest absolute Gasteiger partial charge is 0.305 e. The number of nitrogens with one attached hydrogen (secondary N) is 6. The Balaban J connectivity index is 1.17. The molecule has 0 bridgehead atoms. The van der Waals surface area contributed by atoms with Crippen LogP contribution in [0.2, 0.25) is 0 Å². The Kier molecular flexibility index (Phi) is 32.7. The predicted molar refractivity (Wildman–Crippen MR) is 400 cm³/mol. The van der Waals surface area contributed by atoms with Crippen LogP contribution in [0.25, 0.3) is 22.4 Å². The van der Waals surface area contributed by atoms with Crippen LogP contribution in [0.1, 0.15) is 133 Å². The number of aromatic nitrogens is 3. The van der Waals surface area contributed by atoms with Gasteiger partial charge < -0.3 is 73.3 Å². The number of pyridine rings is 1. The number of aryl methyl sites for hydroxylation is 2. The average molecular weight is 1520 g/mol. The molecular formula is C80H99FN10O19. The zero-order chi connectivity index (χ0) is 81.3. The number of aliphatic hydroxyl groups is 3. The number of hydrogen-bond acceptors (Lipinski definition) is 20. The standard InChI is InChI=1S/C80H99FN10O19/c1-9-49-32-55(110-8)23-24-57(49)50-21-18-47(19-22-50)30-52(75(106)88-63(74(83)105)31-48-20-25-60(85-40-48)56-16-12-10-14-44(56)2)33-65(96)62(36-71(103)104)87-76(107)53(42-92)34-66(97)72(45(3)93)91-78(109)80(7,37-51-15-11-13-17-58(51)81)39-68(99)73(46(4)94)90-69(100)28-27-64(95)61(26-29-70(101)102)89-77(108)79(5,6)38-67(98)59(82)35-54-41-84-43-86-54/h10-25,32,40-41,43,45-46,52-53,59,61-63,72-73,92-94H,9,26-31,33-39,42,82H2,1-8H3,(H2,83,105)(H,84,86)(H,87,107)(H,88,106)(H,89,108)(H,90,100)(H,91,109)(H,101,102)(H,103,104)/t45?,46?,52-,53+,59+,61+,62+,63+,72+,73+,80?/m1/s1. The summed E-state index contributed by atoms with van der Waals surface area (Å²) in [7, 11) is 1.55. The number of rotatable bonds is 46. The maximum absolute atomic E-state index is 15.5. The maximum atomic E-state index is 15.5. The number of H-pyrrole nitrogens is 1. The highest BCUT2D eigenvalue weighted by molar-refractivity contribution is 6.00. The lowest BCUT2D eigenvalue weighted by Crippen LogP contribution is -2.55. The van der Waals surface area contributed by atoms with Gasteiger partial charge in [0.25, 0.3) is 0 Å². The Labute approximate surface area is 636 Å². The Morgan fingerprint density at radius 2 is 1.25 bits per heavy atom. The number of imidazole rings is 1. The van der Waals surface area contributed by atoms with E-state index in [0.29, 0.717) is 34.7 Å². The molecule has 4 aromatic carbocycles. The van der Waals surface area contributed by atoms with E-state index < -0.39 is 218 Å². The van der Waals surface area contributed by atoms with Crippen LogP contribution in [0.4, 0.5) is 4.39 Å². The maximum Gasteiger partial charge on any atom is 0.305 e. The Bertz CT molecular complexity index is 4260. The number of Topliss-reactive ketones (excluding diaryl/α,β-unsaturated/α-hetero) is 5. The number of ketones is 5. The van der Waals surface area contributed by atoms with Gasteiger partial charge in [-0.15, -0.1) is 0 Å². The van der Waals surface area contributed by atoms with E-state index in [1.54, 1.807) is 31.4 Å². The number of carbonyl (C=O) groups excluding carboxylic acids is 11. The van der Waals surface area contributed by atoms with Crippen LogP contribution in [0, 0.1) is 35.4 Å². The molecule has 2 aromatic heterocycles. The van der Waals surface area contributed by atoms with Gasteiger partial charge >= 0.3 is 11.9 Å². The normalized spacial score (nSPS) is 14.7. The van der Waals surface area contributed by atoms with E-state index in [1.807, 2.05) is 68.4 Å². The summed E-state index contributed by atoms with van der Waals surface area (Å²) in [6.07, 6.45) is -5.76. The highest BCUT2D eigenvalue weighted by atomic mass is 19.1. The number of methoxy groups -OCH3 is 1. The first-order valence-corrected chi connectivity index (χ1v) is 36.0. The number of benzene rings is 4. The van der Waals surface area contributed by atoms with Crippen molar-refractivity contribution in [1.29, 1.82) is 0 Å². The van der Waals surface area contributed by atoms with Gasteiger partial charge in [-0.2, -0.15) is 0 Å². The van der Waals surface area contributed by atoms with Gasteiger partial charge in [-0.25, -0.2) is 9.37 Å². The number of carboxylic acid groups (broad SMARTS) is 2. The lowest BCUT2D eigenvalue weighted by molar-refractivity contribution is -0.142. The van der Waals surface area contributed by atoms with Gasteiger partial charge in [0, 0.05) is 87.4 Å². The van der Waals surface area contributed by atoms with E-state index in [2.05, 4.69) is 41.5 Å². The molecule has 0 aliphatic heterocycles. The predicted octanol–water partition coefficient (Wildman–Crippen LogP) is 4.21. The van der Waals surface area contributed by atoms with Crippen molar-refractivity contribution >= 4 is 76.3 Å². The molecule has 0 aliphatic carbocycles. The molecule has 6 rings (SSSR count).